The van der Waals surface area contributed by atoms with Crippen LogP contribution in [0.4, 0.5) is 5.69 Å². The van der Waals surface area contributed by atoms with Crippen LogP contribution in [0.5, 0.6) is 5.75 Å². The van der Waals surface area contributed by atoms with Gasteiger partial charge >= 0.3 is 0 Å². The number of hydrogen-bond donors (Lipinski definition) is 0. The van der Waals surface area contributed by atoms with Crippen molar-refractivity contribution in [3.8, 4) is 5.75 Å². The van der Waals surface area contributed by atoms with E-state index in [1.165, 1.54) is 11.4 Å². The van der Waals surface area contributed by atoms with Crippen LogP contribution in [0.25, 0.3) is 0 Å². The van der Waals surface area contributed by atoms with Gasteiger partial charge in [0.05, 0.1) is 10.6 Å². The smallest absolute Gasteiger partial charge is 0.264 e. The van der Waals surface area contributed by atoms with Crippen LogP contribution in [0.15, 0.2) is 53.4 Å². The molecule has 8 nitrogen and oxygen atoms in total. The molecule has 1 aliphatic rings. The zero-order valence-electron chi connectivity index (χ0n) is 19.5. The van der Waals surface area contributed by atoms with Crippen LogP contribution in [-0.4, -0.2) is 69.9 Å². The molecule has 1 aliphatic heterocycles. The molecule has 1 fully saturated rings. The zero-order chi connectivity index (χ0) is 24.2. The molecular formula is C24H31N3O5S. The fraction of sp³-hybridized carbons (Fsp3) is 0.417. The Hall–Kier alpha value is -3.07. The van der Waals surface area contributed by atoms with E-state index in [1.54, 1.807) is 58.3 Å². The van der Waals surface area contributed by atoms with Gasteiger partial charge in [-0.25, -0.2) is 8.42 Å². The lowest BCUT2D eigenvalue weighted by molar-refractivity contribution is -0.142. The van der Waals surface area contributed by atoms with Gasteiger partial charge in [0.25, 0.3) is 15.9 Å². The molecule has 0 spiro atoms. The third-order valence-corrected chi connectivity index (χ3v) is 7.48. The summed E-state index contributed by atoms with van der Waals surface area (Å²) >= 11 is 0. The summed E-state index contributed by atoms with van der Waals surface area (Å²) < 4.78 is 32.5. The minimum Gasteiger partial charge on any atom is -0.484 e. The van der Waals surface area contributed by atoms with Crippen LogP contribution in [0, 0.1) is 12.8 Å². The first kappa shape index (κ1) is 24.6. The minimum atomic E-state index is -3.67. The Morgan fingerprint density at radius 1 is 0.939 bits per heavy atom. The van der Waals surface area contributed by atoms with E-state index in [2.05, 4.69) is 0 Å². The van der Waals surface area contributed by atoms with Gasteiger partial charge in [0.2, 0.25) is 5.91 Å². The first-order valence-electron chi connectivity index (χ1n) is 10.9. The summed E-state index contributed by atoms with van der Waals surface area (Å²) in [5.74, 6) is 0.383. The molecule has 1 heterocycles. The van der Waals surface area contributed by atoms with Crippen molar-refractivity contribution < 1.29 is 22.7 Å². The third kappa shape index (κ3) is 5.84. The van der Waals surface area contributed by atoms with Crippen LogP contribution in [0.3, 0.4) is 0 Å². The van der Waals surface area contributed by atoms with Crippen molar-refractivity contribution in [3.63, 3.8) is 0 Å². The molecule has 0 aliphatic carbocycles. The molecule has 178 valence electrons. The Labute approximate surface area is 195 Å². The lowest BCUT2D eigenvalue weighted by atomic mass is 10.1. The van der Waals surface area contributed by atoms with Gasteiger partial charge in [-0.05, 0) is 43.3 Å². The van der Waals surface area contributed by atoms with Gasteiger partial charge in [0, 0.05) is 39.1 Å². The second kappa shape index (κ2) is 10.2. The number of carbonyl (C=O) groups excluding carboxylic acids is 2. The second-order valence-electron chi connectivity index (χ2n) is 8.43. The fourth-order valence-corrected chi connectivity index (χ4v) is 4.73. The molecule has 2 aromatic rings. The highest BCUT2D eigenvalue weighted by Gasteiger charge is 2.25. The number of anilines is 1. The lowest BCUT2D eigenvalue weighted by Gasteiger charge is -2.35. The van der Waals surface area contributed by atoms with Crippen molar-refractivity contribution in [3.05, 3.63) is 54.1 Å². The average Bonchev–Trinajstić information content (AvgIpc) is 2.82. The number of rotatable bonds is 7. The van der Waals surface area contributed by atoms with E-state index in [0.29, 0.717) is 37.6 Å². The summed E-state index contributed by atoms with van der Waals surface area (Å²) in [5, 5.41) is 0. The number of aryl methyl sites for hydroxylation is 1. The molecule has 0 aromatic heterocycles. The van der Waals surface area contributed by atoms with E-state index in [9.17, 15) is 18.0 Å². The predicted molar refractivity (Wildman–Crippen MR) is 127 cm³/mol. The van der Waals surface area contributed by atoms with Crippen molar-refractivity contribution >= 4 is 27.5 Å². The molecule has 9 heteroatoms. The number of hydrogen-bond acceptors (Lipinski definition) is 5. The average molecular weight is 474 g/mol. The monoisotopic (exact) mass is 473 g/mol. The molecule has 0 N–H and O–H groups in total. The summed E-state index contributed by atoms with van der Waals surface area (Å²) in [6.07, 6.45) is 0. The molecule has 0 atom stereocenters. The van der Waals surface area contributed by atoms with E-state index < -0.39 is 10.0 Å². The molecule has 3 rings (SSSR count). The Balaban J connectivity index is 1.54. The van der Waals surface area contributed by atoms with E-state index in [1.807, 2.05) is 20.8 Å². The first-order chi connectivity index (χ1) is 15.6. The van der Waals surface area contributed by atoms with Crippen molar-refractivity contribution in [2.45, 2.75) is 25.7 Å². The highest BCUT2D eigenvalue weighted by Crippen LogP contribution is 2.24. The summed E-state index contributed by atoms with van der Waals surface area (Å²) in [5.41, 5.74) is 1.47. The third-order valence-electron chi connectivity index (χ3n) is 5.68. The van der Waals surface area contributed by atoms with E-state index in [0.717, 1.165) is 5.56 Å². The fourth-order valence-electron chi connectivity index (χ4n) is 3.54. The number of amides is 2. The number of sulfonamides is 1. The Kier molecular flexibility index (Phi) is 7.63. The summed E-state index contributed by atoms with van der Waals surface area (Å²) in [6, 6.07) is 13.3. The maximum atomic E-state index is 12.8. The van der Waals surface area contributed by atoms with Gasteiger partial charge < -0.3 is 14.5 Å². The van der Waals surface area contributed by atoms with Gasteiger partial charge in [0.15, 0.2) is 6.61 Å². The van der Waals surface area contributed by atoms with E-state index in [-0.39, 0.29) is 29.2 Å². The molecular weight excluding hydrogens is 442 g/mol. The van der Waals surface area contributed by atoms with Crippen molar-refractivity contribution in [1.29, 1.82) is 0 Å². The quantitative estimate of drug-likeness (QED) is 0.617. The highest BCUT2D eigenvalue weighted by molar-refractivity contribution is 7.92. The highest BCUT2D eigenvalue weighted by atomic mass is 32.2. The molecule has 0 unspecified atom stereocenters. The van der Waals surface area contributed by atoms with E-state index in [4.69, 9.17) is 4.74 Å². The SMILES string of the molecule is Cc1ccc(S(=O)(=O)N(C)c2ccc(OCC(=O)N3CCN(C(=O)C(C)C)CC3)cc2)cc1. The van der Waals surface area contributed by atoms with E-state index >= 15 is 0 Å². The molecule has 0 saturated carbocycles. The van der Waals surface area contributed by atoms with Gasteiger partial charge in [-0.15, -0.1) is 0 Å². The Bertz CT molecular complexity index is 1070. The maximum Gasteiger partial charge on any atom is 0.264 e. The van der Waals surface area contributed by atoms with Gasteiger partial charge in [-0.3, -0.25) is 13.9 Å². The molecule has 2 aromatic carbocycles. The predicted octanol–water partition coefficient (Wildman–Crippen LogP) is 2.53. The van der Waals surface area contributed by atoms with Crippen LogP contribution >= 0.6 is 0 Å². The lowest BCUT2D eigenvalue weighted by Crippen LogP contribution is -2.52. The summed E-state index contributed by atoms with van der Waals surface area (Å²) in [6.45, 7) is 7.55. The maximum absolute atomic E-state index is 12.8. The summed E-state index contributed by atoms with van der Waals surface area (Å²) in [4.78, 5) is 28.3. The van der Waals surface area contributed by atoms with Crippen LogP contribution < -0.4 is 9.04 Å². The number of piperazine rings is 1. The van der Waals surface area contributed by atoms with Crippen molar-refractivity contribution in [2.75, 3.05) is 44.1 Å². The molecule has 0 radical (unpaired) electrons. The number of carbonyl (C=O) groups is 2. The first-order valence-corrected chi connectivity index (χ1v) is 12.4. The minimum absolute atomic E-state index is 0.0514. The van der Waals surface area contributed by atoms with Crippen LogP contribution in [0.1, 0.15) is 19.4 Å². The van der Waals surface area contributed by atoms with Crippen LogP contribution in [0.2, 0.25) is 0 Å². The van der Waals surface area contributed by atoms with Gasteiger partial charge in [0.1, 0.15) is 5.75 Å². The molecule has 33 heavy (non-hydrogen) atoms. The van der Waals surface area contributed by atoms with Crippen molar-refractivity contribution in [1.82, 2.24) is 9.80 Å². The second-order valence-corrected chi connectivity index (χ2v) is 10.4. The number of nitrogens with zero attached hydrogens (tertiary/aromatic N) is 3. The zero-order valence-corrected chi connectivity index (χ0v) is 20.3. The normalized spacial score (nSPS) is 14.3. The molecule has 1 saturated heterocycles. The number of benzene rings is 2. The Morgan fingerprint density at radius 3 is 2.03 bits per heavy atom. The molecule has 0 bridgehead atoms. The summed E-state index contributed by atoms with van der Waals surface area (Å²) in [7, 11) is -2.18. The molecule has 2 amide bonds. The largest absolute Gasteiger partial charge is 0.484 e. The van der Waals surface area contributed by atoms with Crippen LogP contribution in [-0.2, 0) is 19.6 Å². The standard InChI is InChI=1S/C24H31N3O5S/c1-18(2)24(29)27-15-13-26(14-16-27)23(28)17-32-21-9-7-20(8-10-21)25(4)33(30,31)22-11-5-19(3)6-12-22/h5-12,18H,13-17H2,1-4H3. The van der Waals surface area contributed by atoms with Gasteiger partial charge in [-0.2, -0.15) is 0 Å². The number of ether oxygens (including phenoxy) is 1. The topological polar surface area (TPSA) is 87.2 Å². The van der Waals surface area contributed by atoms with Gasteiger partial charge in [-0.1, -0.05) is 31.5 Å². The Morgan fingerprint density at radius 2 is 1.48 bits per heavy atom. The van der Waals surface area contributed by atoms with Crippen molar-refractivity contribution in [2.24, 2.45) is 5.92 Å².